The quantitative estimate of drug-likeness (QED) is 0.677. The summed E-state index contributed by atoms with van der Waals surface area (Å²) in [6.07, 6.45) is 4.31. The number of nitrogens with one attached hydrogen (secondary N) is 2. The third-order valence-corrected chi connectivity index (χ3v) is 6.55. The second kappa shape index (κ2) is 10.8. The van der Waals surface area contributed by atoms with Crippen molar-refractivity contribution in [1.82, 2.24) is 10.6 Å². The molecule has 158 valence electrons. The molecule has 0 spiro atoms. The fourth-order valence-corrected chi connectivity index (χ4v) is 4.75. The number of ether oxygens (including phenoxy) is 1. The summed E-state index contributed by atoms with van der Waals surface area (Å²) in [5.74, 6) is -0.301. The number of rotatable bonds is 7. The molecule has 2 aromatic rings. The van der Waals surface area contributed by atoms with Gasteiger partial charge >= 0.3 is 6.09 Å². The first kappa shape index (κ1) is 21.8. The van der Waals surface area contributed by atoms with Gasteiger partial charge in [0.1, 0.15) is 12.6 Å². The van der Waals surface area contributed by atoms with Crippen LogP contribution in [0.15, 0.2) is 41.8 Å². The van der Waals surface area contributed by atoms with Crippen molar-refractivity contribution in [3.8, 4) is 6.07 Å². The minimum absolute atomic E-state index is 0.0341. The smallest absolute Gasteiger partial charge is 0.408 e. The zero-order chi connectivity index (χ0) is 21.3. The van der Waals surface area contributed by atoms with Crippen LogP contribution in [0.1, 0.15) is 54.1 Å². The molecule has 0 radical (unpaired) electrons. The van der Waals surface area contributed by atoms with Gasteiger partial charge in [0, 0.05) is 4.88 Å². The maximum absolute atomic E-state index is 13.1. The molecule has 1 saturated carbocycles. The third-order valence-electron chi connectivity index (χ3n) is 5.47. The van der Waals surface area contributed by atoms with Gasteiger partial charge in [-0.05, 0) is 48.3 Å². The second-order valence-corrected chi connectivity index (χ2v) is 8.57. The van der Waals surface area contributed by atoms with Crippen LogP contribution in [0.5, 0.6) is 0 Å². The Morgan fingerprint density at radius 3 is 2.53 bits per heavy atom. The lowest BCUT2D eigenvalue weighted by Crippen LogP contribution is -2.52. The normalized spacial score (nSPS) is 16.1. The molecule has 1 fully saturated rings. The standard InChI is InChI=1S/C23H27N3O3S/c1-16-12-13-30-21(16)19(14-24)25-22(27)20(18-10-6-3-7-11-18)26-23(28)29-15-17-8-4-2-5-9-17/h2,4-5,8-9,12-13,18-20H,3,6-7,10-11,15H2,1H3,(H,25,27)(H,26,28)/t19?,20-/m0/s1. The molecule has 0 aliphatic heterocycles. The van der Waals surface area contributed by atoms with Gasteiger partial charge in [0.05, 0.1) is 6.07 Å². The van der Waals surface area contributed by atoms with Crippen LogP contribution in [-0.4, -0.2) is 18.0 Å². The number of thiophene rings is 1. The molecule has 1 aromatic carbocycles. The summed E-state index contributed by atoms with van der Waals surface area (Å²) in [5, 5.41) is 17.1. The number of benzene rings is 1. The zero-order valence-corrected chi connectivity index (χ0v) is 17.9. The molecule has 7 heteroatoms. The van der Waals surface area contributed by atoms with E-state index in [4.69, 9.17) is 4.74 Å². The van der Waals surface area contributed by atoms with E-state index in [2.05, 4.69) is 16.7 Å². The number of hydrogen-bond donors (Lipinski definition) is 2. The summed E-state index contributed by atoms with van der Waals surface area (Å²) < 4.78 is 5.33. The Morgan fingerprint density at radius 2 is 1.90 bits per heavy atom. The summed E-state index contributed by atoms with van der Waals surface area (Å²) in [4.78, 5) is 26.4. The van der Waals surface area contributed by atoms with Gasteiger partial charge in [-0.3, -0.25) is 4.79 Å². The molecule has 30 heavy (non-hydrogen) atoms. The Kier molecular flexibility index (Phi) is 7.86. The summed E-state index contributed by atoms with van der Waals surface area (Å²) in [7, 11) is 0. The molecule has 0 saturated heterocycles. The molecule has 1 aliphatic carbocycles. The lowest BCUT2D eigenvalue weighted by molar-refractivity contribution is -0.125. The van der Waals surface area contributed by atoms with E-state index in [-0.39, 0.29) is 18.4 Å². The van der Waals surface area contributed by atoms with Crippen LogP contribution in [0.3, 0.4) is 0 Å². The van der Waals surface area contributed by atoms with Crippen LogP contribution >= 0.6 is 11.3 Å². The van der Waals surface area contributed by atoms with Crippen LogP contribution in [0.25, 0.3) is 0 Å². The van der Waals surface area contributed by atoms with Gasteiger partial charge in [-0.1, -0.05) is 49.6 Å². The Morgan fingerprint density at radius 1 is 1.17 bits per heavy atom. The van der Waals surface area contributed by atoms with Crippen molar-refractivity contribution in [3.05, 3.63) is 57.8 Å². The van der Waals surface area contributed by atoms with E-state index in [1.807, 2.05) is 48.7 Å². The van der Waals surface area contributed by atoms with Gasteiger partial charge in [0.25, 0.3) is 0 Å². The topological polar surface area (TPSA) is 91.2 Å². The maximum Gasteiger partial charge on any atom is 0.408 e. The molecule has 0 bridgehead atoms. The lowest BCUT2D eigenvalue weighted by Gasteiger charge is -2.30. The van der Waals surface area contributed by atoms with E-state index >= 15 is 0 Å². The highest BCUT2D eigenvalue weighted by Gasteiger charge is 2.33. The van der Waals surface area contributed by atoms with Crippen molar-refractivity contribution >= 4 is 23.3 Å². The first-order valence-electron chi connectivity index (χ1n) is 10.3. The van der Waals surface area contributed by atoms with Crippen molar-refractivity contribution in [2.75, 3.05) is 0 Å². The Balaban J connectivity index is 1.66. The first-order chi connectivity index (χ1) is 14.6. The summed E-state index contributed by atoms with van der Waals surface area (Å²) in [5.41, 5.74) is 1.85. The van der Waals surface area contributed by atoms with E-state index in [1.165, 1.54) is 11.3 Å². The van der Waals surface area contributed by atoms with E-state index in [0.717, 1.165) is 48.1 Å². The molecule has 1 heterocycles. The van der Waals surface area contributed by atoms with Gasteiger partial charge in [0.2, 0.25) is 5.91 Å². The summed E-state index contributed by atoms with van der Waals surface area (Å²) >= 11 is 1.44. The molecular weight excluding hydrogens is 398 g/mol. The van der Waals surface area contributed by atoms with Crippen LogP contribution < -0.4 is 10.6 Å². The van der Waals surface area contributed by atoms with Crippen molar-refractivity contribution in [2.45, 2.75) is 57.7 Å². The Bertz CT molecular complexity index is 885. The lowest BCUT2D eigenvalue weighted by atomic mass is 9.83. The van der Waals surface area contributed by atoms with E-state index < -0.39 is 18.2 Å². The molecule has 6 nitrogen and oxygen atoms in total. The predicted molar refractivity (Wildman–Crippen MR) is 116 cm³/mol. The molecular formula is C23H27N3O3S. The predicted octanol–water partition coefficient (Wildman–Crippen LogP) is 4.61. The number of carbonyl (C=O) groups is 2. The SMILES string of the molecule is Cc1ccsc1C(C#N)NC(=O)[C@@H](NC(=O)OCc1ccccc1)C1CCCCC1. The minimum atomic E-state index is -0.731. The number of hydrogen-bond acceptors (Lipinski definition) is 5. The van der Waals surface area contributed by atoms with Gasteiger partial charge < -0.3 is 15.4 Å². The molecule has 3 rings (SSSR count). The fourth-order valence-electron chi connectivity index (χ4n) is 3.83. The van der Waals surface area contributed by atoms with Crippen LogP contribution in [0, 0.1) is 24.2 Å². The van der Waals surface area contributed by atoms with E-state index in [0.29, 0.717) is 0 Å². The molecule has 2 amide bonds. The highest BCUT2D eigenvalue weighted by molar-refractivity contribution is 7.10. The molecule has 2 atom stereocenters. The molecule has 1 aliphatic rings. The highest BCUT2D eigenvalue weighted by Crippen LogP contribution is 2.28. The monoisotopic (exact) mass is 425 g/mol. The average Bonchev–Trinajstić information content (AvgIpc) is 3.21. The van der Waals surface area contributed by atoms with Gasteiger partial charge in [0.15, 0.2) is 6.04 Å². The van der Waals surface area contributed by atoms with Gasteiger partial charge in [-0.2, -0.15) is 5.26 Å². The number of alkyl carbamates (subject to hydrolysis) is 1. The molecule has 1 unspecified atom stereocenters. The van der Waals surface area contributed by atoms with Gasteiger partial charge in [-0.15, -0.1) is 11.3 Å². The summed E-state index contributed by atoms with van der Waals surface area (Å²) in [6, 6.07) is 12.0. The Labute approximate surface area is 181 Å². The number of aryl methyl sites for hydroxylation is 1. The first-order valence-corrected chi connectivity index (χ1v) is 11.2. The third kappa shape index (κ3) is 5.83. The van der Waals surface area contributed by atoms with Crippen LogP contribution in [-0.2, 0) is 16.1 Å². The Hall–Kier alpha value is -2.85. The maximum atomic E-state index is 13.1. The highest BCUT2D eigenvalue weighted by atomic mass is 32.1. The number of carbonyl (C=O) groups excluding carboxylic acids is 2. The van der Waals surface area contributed by atoms with E-state index in [1.54, 1.807) is 0 Å². The minimum Gasteiger partial charge on any atom is -0.445 e. The average molecular weight is 426 g/mol. The number of amides is 2. The summed E-state index contributed by atoms with van der Waals surface area (Å²) in [6.45, 7) is 2.06. The van der Waals surface area contributed by atoms with Crippen LogP contribution in [0.2, 0.25) is 0 Å². The van der Waals surface area contributed by atoms with Gasteiger partial charge in [-0.25, -0.2) is 4.79 Å². The van der Waals surface area contributed by atoms with E-state index in [9.17, 15) is 14.9 Å². The second-order valence-electron chi connectivity index (χ2n) is 7.62. The molecule has 1 aromatic heterocycles. The molecule has 2 N–H and O–H groups in total. The van der Waals surface area contributed by atoms with Crippen molar-refractivity contribution in [3.63, 3.8) is 0 Å². The fraction of sp³-hybridized carbons (Fsp3) is 0.435. The van der Waals surface area contributed by atoms with Crippen molar-refractivity contribution in [2.24, 2.45) is 5.92 Å². The number of nitrogens with zero attached hydrogens (tertiary/aromatic N) is 1. The zero-order valence-electron chi connectivity index (χ0n) is 17.1. The number of nitriles is 1. The largest absolute Gasteiger partial charge is 0.445 e. The van der Waals surface area contributed by atoms with Crippen molar-refractivity contribution < 1.29 is 14.3 Å². The van der Waals surface area contributed by atoms with Crippen LogP contribution in [0.4, 0.5) is 4.79 Å². The van der Waals surface area contributed by atoms with Crippen molar-refractivity contribution in [1.29, 1.82) is 5.26 Å².